The molecular formula is C14H12N2O. The molecule has 2 aromatic carbocycles. The molecule has 2 aromatic rings. The Balaban J connectivity index is 1.98. The van der Waals surface area contributed by atoms with Crippen LogP contribution in [0.3, 0.4) is 0 Å². The van der Waals surface area contributed by atoms with Gasteiger partial charge in [-0.2, -0.15) is 10.2 Å². The zero-order valence-electron chi connectivity index (χ0n) is 9.19. The van der Waals surface area contributed by atoms with Crippen LogP contribution in [0.15, 0.2) is 64.8 Å². The third-order valence-electron chi connectivity index (χ3n) is 2.17. The van der Waals surface area contributed by atoms with Gasteiger partial charge >= 0.3 is 0 Å². The molecule has 0 spiro atoms. The quantitative estimate of drug-likeness (QED) is 0.632. The third kappa shape index (κ3) is 3.57. The van der Waals surface area contributed by atoms with E-state index >= 15 is 0 Å². The smallest absolute Gasteiger partial charge is 0.115 e. The average molecular weight is 224 g/mol. The Morgan fingerprint density at radius 2 is 1.24 bits per heavy atom. The monoisotopic (exact) mass is 224 g/mol. The summed E-state index contributed by atoms with van der Waals surface area (Å²) in [6.07, 6.45) is 3.33. The van der Waals surface area contributed by atoms with Gasteiger partial charge in [-0.3, -0.25) is 0 Å². The maximum absolute atomic E-state index is 9.10. The Bertz CT molecular complexity index is 516. The summed E-state index contributed by atoms with van der Waals surface area (Å²) in [4.78, 5) is 0. The summed E-state index contributed by atoms with van der Waals surface area (Å²) >= 11 is 0. The molecule has 0 aliphatic carbocycles. The number of nitrogens with zero attached hydrogens (tertiary/aromatic N) is 2. The van der Waals surface area contributed by atoms with Crippen molar-refractivity contribution in [3.8, 4) is 5.75 Å². The van der Waals surface area contributed by atoms with Crippen molar-refractivity contribution in [2.75, 3.05) is 0 Å². The van der Waals surface area contributed by atoms with Crippen molar-refractivity contribution in [3.63, 3.8) is 0 Å². The topological polar surface area (TPSA) is 45.0 Å². The van der Waals surface area contributed by atoms with Crippen molar-refractivity contribution >= 4 is 12.4 Å². The normalized spacial score (nSPS) is 11.3. The molecule has 0 saturated heterocycles. The minimum atomic E-state index is 0.245. The highest BCUT2D eigenvalue weighted by Crippen LogP contribution is 2.07. The molecular weight excluding hydrogens is 212 g/mol. The molecule has 0 aromatic heterocycles. The number of hydrogen-bond donors (Lipinski definition) is 1. The fourth-order valence-corrected chi connectivity index (χ4v) is 1.30. The van der Waals surface area contributed by atoms with Crippen molar-refractivity contribution in [1.29, 1.82) is 0 Å². The second kappa shape index (κ2) is 5.61. The molecule has 0 bridgehead atoms. The number of hydrogen-bond acceptors (Lipinski definition) is 3. The average Bonchev–Trinajstić information content (AvgIpc) is 2.38. The van der Waals surface area contributed by atoms with Gasteiger partial charge in [0, 0.05) is 0 Å². The number of benzene rings is 2. The lowest BCUT2D eigenvalue weighted by atomic mass is 10.2. The SMILES string of the molecule is Oc1ccc(/C=N/N=C/c2ccccc2)cc1. The summed E-state index contributed by atoms with van der Waals surface area (Å²) in [5, 5.41) is 17.0. The number of rotatable bonds is 3. The van der Waals surface area contributed by atoms with E-state index in [4.69, 9.17) is 5.11 Å². The van der Waals surface area contributed by atoms with Crippen LogP contribution in [0.2, 0.25) is 0 Å². The molecule has 0 saturated carbocycles. The van der Waals surface area contributed by atoms with E-state index in [9.17, 15) is 0 Å². The second-order valence-electron chi connectivity index (χ2n) is 3.49. The first-order valence-corrected chi connectivity index (χ1v) is 5.25. The van der Waals surface area contributed by atoms with Crippen molar-refractivity contribution < 1.29 is 5.11 Å². The lowest BCUT2D eigenvalue weighted by molar-refractivity contribution is 0.475. The summed E-state index contributed by atoms with van der Waals surface area (Å²) < 4.78 is 0. The molecule has 3 heteroatoms. The lowest BCUT2D eigenvalue weighted by Crippen LogP contribution is -1.80. The Labute approximate surface area is 99.8 Å². The predicted molar refractivity (Wildman–Crippen MR) is 69.7 cm³/mol. The molecule has 1 N–H and O–H groups in total. The van der Waals surface area contributed by atoms with Gasteiger partial charge in [0.05, 0.1) is 12.4 Å². The second-order valence-corrected chi connectivity index (χ2v) is 3.49. The number of aromatic hydroxyl groups is 1. The highest BCUT2D eigenvalue weighted by atomic mass is 16.3. The minimum Gasteiger partial charge on any atom is -0.508 e. The van der Waals surface area contributed by atoms with E-state index < -0.39 is 0 Å². The fraction of sp³-hybridized carbons (Fsp3) is 0. The van der Waals surface area contributed by atoms with Gasteiger partial charge in [0.2, 0.25) is 0 Å². The minimum absolute atomic E-state index is 0.245. The first kappa shape index (κ1) is 11.1. The molecule has 0 aliphatic heterocycles. The van der Waals surface area contributed by atoms with Crippen LogP contribution in [0.1, 0.15) is 11.1 Å². The summed E-state index contributed by atoms with van der Waals surface area (Å²) in [7, 11) is 0. The maximum atomic E-state index is 9.10. The Morgan fingerprint density at radius 1 is 0.706 bits per heavy atom. The summed E-state index contributed by atoms with van der Waals surface area (Å²) in [5.41, 5.74) is 1.91. The van der Waals surface area contributed by atoms with Crippen LogP contribution >= 0.6 is 0 Å². The summed E-state index contributed by atoms with van der Waals surface area (Å²) in [6, 6.07) is 16.5. The van der Waals surface area contributed by atoms with E-state index in [-0.39, 0.29) is 5.75 Å². The van der Waals surface area contributed by atoms with Gasteiger partial charge < -0.3 is 5.11 Å². The Kier molecular flexibility index (Phi) is 3.65. The molecule has 0 heterocycles. The molecule has 0 aliphatic rings. The Hall–Kier alpha value is -2.42. The molecule has 17 heavy (non-hydrogen) atoms. The summed E-state index contributed by atoms with van der Waals surface area (Å²) in [6.45, 7) is 0. The van der Waals surface area contributed by atoms with E-state index in [2.05, 4.69) is 10.2 Å². The number of phenolic OH excluding ortho intramolecular Hbond substituents is 1. The highest BCUT2D eigenvalue weighted by molar-refractivity contribution is 5.82. The van der Waals surface area contributed by atoms with E-state index in [0.717, 1.165) is 11.1 Å². The van der Waals surface area contributed by atoms with Crippen LogP contribution < -0.4 is 0 Å². The first-order valence-electron chi connectivity index (χ1n) is 5.25. The predicted octanol–water partition coefficient (Wildman–Crippen LogP) is 2.85. The van der Waals surface area contributed by atoms with Gasteiger partial charge in [0.15, 0.2) is 0 Å². The first-order chi connectivity index (χ1) is 8.34. The zero-order chi connectivity index (χ0) is 11.9. The largest absolute Gasteiger partial charge is 0.508 e. The van der Waals surface area contributed by atoms with Crippen LogP contribution in [0, 0.1) is 0 Å². The van der Waals surface area contributed by atoms with Crippen molar-refractivity contribution in [1.82, 2.24) is 0 Å². The number of phenols is 1. The van der Waals surface area contributed by atoms with Gasteiger partial charge in [-0.05, 0) is 35.4 Å². The van der Waals surface area contributed by atoms with E-state index in [0.29, 0.717) is 0 Å². The van der Waals surface area contributed by atoms with E-state index in [1.54, 1.807) is 36.7 Å². The van der Waals surface area contributed by atoms with Gasteiger partial charge in [0.25, 0.3) is 0 Å². The summed E-state index contributed by atoms with van der Waals surface area (Å²) in [5.74, 6) is 0.245. The molecule has 0 fully saturated rings. The van der Waals surface area contributed by atoms with Crippen LogP contribution in [-0.4, -0.2) is 17.5 Å². The van der Waals surface area contributed by atoms with Crippen LogP contribution in [0.5, 0.6) is 5.75 Å². The molecule has 0 unspecified atom stereocenters. The highest BCUT2D eigenvalue weighted by Gasteiger charge is 1.87. The molecule has 2 rings (SSSR count). The van der Waals surface area contributed by atoms with Crippen molar-refractivity contribution in [2.45, 2.75) is 0 Å². The maximum Gasteiger partial charge on any atom is 0.115 e. The van der Waals surface area contributed by atoms with Crippen molar-refractivity contribution in [3.05, 3.63) is 65.7 Å². The molecule has 0 radical (unpaired) electrons. The standard InChI is InChI=1S/C14H12N2O/c17-14-8-6-13(7-9-14)11-16-15-10-12-4-2-1-3-5-12/h1-11,17H/b15-10+,16-11+. The van der Waals surface area contributed by atoms with E-state index in [1.807, 2.05) is 30.3 Å². The third-order valence-corrected chi connectivity index (χ3v) is 2.17. The Morgan fingerprint density at radius 3 is 1.82 bits per heavy atom. The molecule has 84 valence electrons. The van der Waals surface area contributed by atoms with Gasteiger partial charge in [-0.1, -0.05) is 30.3 Å². The zero-order valence-corrected chi connectivity index (χ0v) is 9.19. The van der Waals surface area contributed by atoms with E-state index in [1.165, 1.54) is 0 Å². The molecule has 0 atom stereocenters. The lowest BCUT2D eigenvalue weighted by Gasteiger charge is -1.91. The fourth-order valence-electron chi connectivity index (χ4n) is 1.30. The van der Waals surface area contributed by atoms with Crippen LogP contribution in [-0.2, 0) is 0 Å². The van der Waals surface area contributed by atoms with Gasteiger partial charge in [-0.15, -0.1) is 0 Å². The van der Waals surface area contributed by atoms with Gasteiger partial charge in [-0.25, -0.2) is 0 Å². The van der Waals surface area contributed by atoms with Crippen LogP contribution in [0.25, 0.3) is 0 Å². The van der Waals surface area contributed by atoms with Gasteiger partial charge in [0.1, 0.15) is 5.75 Å². The molecule has 3 nitrogen and oxygen atoms in total. The molecule has 0 amide bonds. The van der Waals surface area contributed by atoms with Crippen molar-refractivity contribution in [2.24, 2.45) is 10.2 Å². The van der Waals surface area contributed by atoms with Crippen LogP contribution in [0.4, 0.5) is 0 Å².